The number of esters is 2. The van der Waals surface area contributed by atoms with E-state index in [0.717, 1.165) is 54.4 Å². The van der Waals surface area contributed by atoms with Gasteiger partial charge in [-0.1, -0.05) is 5.11 Å². The van der Waals surface area contributed by atoms with Gasteiger partial charge in [-0.2, -0.15) is 26.3 Å². The van der Waals surface area contributed by atoms with Crippen LogP contribution in [0.3, 0.4) is 0 Å². The van der Waals surface area contributed by atoms with Crippen LogP contribution >= 0.6 is 11.6 Å². The van der Waals surface area contributed by atoms with Crippen molar-refractivity contribution in [3.05, 3.63) is 69.5 Å². The first-order valence-electron chi connectivity index (χ1n) is 22.0. The number of hydrogen-bond acceptors (Lipinski definition) is 15. The molecule has 6 heterocycles. The lowest BCUT2D eigenvalue weighted by Crippen LogP contribution is -2.53. The van der Waals surface area contributed by atoms with Gasteiger partial charge in [0.2, 0.25) is 11.5 Å². The maximum atomic E-state index is 15.7. The molecule has 0 N–H and O–H groups in total. The number of alkyl halides is 11. The molecule has 0 bridgehead atoms. The number of furan rings is 2. The van der Waals surface area contributed by atoms with E-state index in [1.54, 1.807) is 0 Å². The number of carbonyl (C=O) groups is 2. The highest BCUT2D eigenvalue weighted by atomic mass is 35.5. The first kappa shape index (κ1) is 54.5. The minimum atomic E-state index is -4.75. The largest absolute Gasteiger partial charge is 0.463 e. The van der Waals surface area contributed by atoms with Gasteiger partial charge < -0.3 is 56.5 Å². The van der Waals surface area contributed by atoms with Crippen LogP contribution in [-0.2, 0) is 50.2 Å². The summed E-state index contributed by atoms with van der Waals surface area (Å²) >= 11 is 5.86. The Bertz CT molecular complexity index is 2610. The number of anilines is 2. The van der Waals surface area contributed by atoms with Crippen molar-refractivity contribution < 1.29 is 100 Å². The van der Waals surface area contributed by atoms with E-state index in [9.17, 15) is 35.9 Å². The summed E-state index contributed by atoms with van der Waals surface area (Å²) in [6.45, 7) is -2.08. The Balaban J connectivity index is 0.000000212. The van der Waals surface area contributed by atoms with E-state index in [1.165, 1.54) is 0 Å². The summed E-state index contributed by atoms with van der Waals surface area (Å²) in [7, 11) is 2.05. The van der Waals surface area contributed by atoms with E-state index < -0.39 is 95.7 Å². The Kier molecular flexibility index (Phi) is 16.4. The molecule has 2 atom stereocenters. The van der Waals surface area contributed by atoms with Crippen LogP contribution in [0.4, 0.5) is 55.3 Å². The number of halogens is 11. The Morgan fingerprint density at radius 1 is 0.681 bits per heavy atom. The first-order chi connectivity index (χ1) is 34.0. The fraction of sp³-hybridized carbons (Fsp3) is 0.591. The molecule has 0 saturated carbocycles. The number of benzene rings is 2. The quantitative estimate of drug-likeness (QED) is 0.0273. The van der Waals surface area contributed by atoms with Crippen molar-refractivity contribution in [3.8, 4) is 0 Å². The number of carbonyl (C=O) groups excluding carboxylic acids is 2. The van der Waals surface area contributed by atoms with Gasteiger partial charge in [0.1, 0.15) is 23.4 Å². The molecule has 4 fully saturated rings. The van der Waals surface area contributed by atoms with E-state index >= 15 is 17.6 Å². The number of nitrogens with zero attached hydrogens (tertiary/aromatic N) is 5. The normalized spacial score (nSPS) is 20.1. The Hall–Kier alpha value is -5.28. The second-order valence-corrected chi connectivity index (χ2v) is 17.2. The van der Waals surface area contributed by atoms with Gasteiger partial charge in [-0.3, -0.25) is 0 Å². The molecule has 0 radical (unpaired) electrons. The van der Waals surface area contributed by atoms with Crippen molar-refractivity contribution in [3.63, 3.8) is 0 Å². The van der Waals surface area contributed by atoms with Gasteiger partial charge in [-0.25, -0.2) is 27.2 Å². The fourth-order valence-corrected chi connectivity index (χ4v) is 9.04. The molecule has 8 rings (SSSR count). The molecule has 28 heteroatoms. The van der Waals surface area contributed by atoms with Crippen LogP contribution < -0.4 is 9.80 Å². The fourth-order valence-electron chi connectivity index (χ4n) is 8.84. The third-order valence-corrected chi connectivity index (χ3v) is 12.4. The lowest BCUT2D eigenvalue weighted by atomic mass is 9.97. The highest BCUT2D eigenvalue weighted by Crippen LogP contribution is 2.45. The standard InChI is InChI=1S/C22H23ClF5NO6.C22H23F5N4O6/c1-31-19(30)18-17(14-10-13(22(26,27)28)2-3-15(14)35-18)29(6-5-23)12-21(24,25)16-11-20(4-7-32-16)33-8-9-34-20;1-33-19(32)18-17(14-10-13(22(25,26)27)2-3-15(14)37-18)31(6-5-29-30-28)12-21(23,24)16-11-20(4-7-34-16)35-8-9-36-20/h2-3,10,16H,4-9,11-12H2,1H3;2-3,10,16H,4-9,11-12H2,1H3. The summed E-state index contributed by atoms with van der Waals surface area (Å²) < 4.78 is 196. The van der Waals surface area contributed by atoms with Crippen LogP contribution in [0.1, 0.15) is 57.9 Å². The van der Waals surface area contributed by atoms with Crippen LogP contribution in [0, 0.1) is 0 Å². The van der Waals surface area contributed by atoms with Gasteiger partial charge in [-0.05, 0) is 41.9 Å². The molecule has 72 heavy (non-hydrogen) atoms. The summed E-state index contributed by atoms with van der Waals surface area (Å²) in [4.78, 5) is 29.4. The molecule has 0 aliphatic carbocycles. The molecule has 17 nitrogen and oxygen atoms in total. The van der Waals surface area contributed by atoms with E-state index in [1.807, 2.05) is 0 Å². The van der Waals surface area contributed by atoms with Gasteiger partial charge in [0, 0.05) is 66.9 Å². The van der Waals surface area contributed by atoms with Crippen molar-refractivity contribution in [2.45, 2.75) is 73.7 Å². The molecule has 2 unspecified atom stereocenters. The lowest BCUT2D eigenvalue weighted by molar-refractivity contribution is -0.255. The molecule has 396 valence electrons. The predicted octanol–water partition coefficient (Wildman–Crippen LogP) is 9.75. The Morgan fingerprint density at radius 2 is 1.08 bits per heavy atom. The highest BCUT2D eigenvalue weighted by molar-refractivity contribution is 6.18. The predicted molar refractivity (Wildman–Crippen MR) is 231 cm³/mol. The molecular weight excluding hydrogens is 1020 g/mol. The minimum Gasteiger partial charge on any atom is -0.463 e. The van der Waals surface area contributed by atoms with Crippen LogP contribution in [0.25, 0.3) is 32.4 Å². The number of methoxy groups -OCH3 is 2. The van der Waals surface area contributed by atoms with Gasteiger partial charge >= 0.3 is 24.3 Å². The van der Waals surface area contributed by atoms with Gasteiger partial charge in [0.15, 0.2) is 11.6 Å². The van der Waals surface area contributed by atoms with Crippen LogP contribution in [-0.4, -0.2) is 140 Å². The summed E-state index contributed by atoms with van der Waals surface area (Å²) in [5.74, 6) is -12.8. The number of ether oxygens (including phenoxy) is 8. The average Bonchev–Trinajstić information content (AvgIpc) is 4.15. The van der Waals surface area contributed by atoms with Crippen LogP contribution in [0.15, 0.2) is 50.3 Å². The minimum absolute atomic E-state index is 0.0211. The van der Waals surface area contributed by atoms with Crippen molar-refractivity contribution in [1.82, 2.24) is 0 Å². The summed E-state index contributed by atoms with van der Waals surface area (Å²) in [6.07, 6.45) is -12.7. The highest BCUT2D eigenvalue weighted by Gasteiger charge is 2.54. The molecule has 0 amide bonds. The molecule has 4 aromatic rings. The van der Waals surface area contributed by atoms with Gasteiger partial charge in [0.25, 0.3) is 11.8 Å². The van der Waals surface area contributed by atoms with Crippen molar-refractivity contribution in [1.29, 1.82) is 0 Å². The summed E-state index contributed by atoms with van der Waals surface area (Å²) in [6, 6.07) is 4.97. The van der Waals surface area contributed by atoms with E-state index in [4.69, 9.17) is 54.4 Å². The van der Waals surface area contributed by atoms with Crippen LogP contribution in [0.5, 0.6) is 0 Å². The summed E-state index contributed by atoms with van der Waals surface area (Å²) in [5, 5.41) is 2.93. The maximum absolute atomic E-state index is 15.7. The molecule has 2 aromatic carbocycles. The number of hydrogen-bond donors (Lipinski definition) is 0. The second kappa shape index (κ2) is 21.7. The zero-order chi connectivity index (χ0) is 52.3. The molecule has 2 spiro atoms. The number of rotatable bonds is 15. The Labute approximate surface area is 406 Å². The van der Waals surface area contributed by atoms with Crippen molar-refractivity contribution in [2.24, 2.45) is 5.11 Å². The van der Waals surface area contributed by atoms with Gasteiger partial charge in [0.05, 0.1) is 89.5 Å². The van der Waals surface area contributed by atoms with Crippen LogP contribution in [0.2, 0.25) is 0 Å². The first-order valence-corrected chi connectivity index (χ1v) is 22.6. The van der Waals surface area contributed by atoms with Crippen molar-refractivity contribution >= 4 is 56.9 Å². The van der Waals surface area contributed by atoms with E-state index in [0.29, 0.717) is 12.5 Å². The molecule has 2 aromatic heterocycles. The van der Waals surface area contributed by atoms with E-state index in [2.05, 4.69) is 19.5 Å². The number of azide groups is 1. The second-order valence-electron chi connectivity index (χ2n) is 16.8. The zero-order valence-electron chi connectivity index (χ0n) is 38.2. The Morgan fingerprint density at radius 3 is 1.44 bits per heavy atom. The lowest BCUT2D eigenvalue weighted by Gasteiger charge is -2.40. The third-order valence-electron chi connectivity index (χ3n) is 12.2. The summed E-state index contributed by atoms with van der Waals surface area (Å²) in [5.41, 5.74) is 5.69. The molecular formula is C44H46ClF10N5O12. The maximum Gasteiger partial charge on any atom is 0.416 e. The average molecular weight is 1060 g/mol. The zero-order valence-corrected chi connectivity index (χ0v) is 39.0. The molecule has 4 saturated heterocycles. The molecule has 4 aliphatic rings. The third kappa shape index (κ3) is 11.9. The van der Waals surface area contributed by atoms with Crippen molar-refractivity contribution in [2.75, 3.05) is 102 Å². The van der Waals surface area contributed by atoms with E-state index in [-0.39, 0.29) is 118 Å². The molecule has 4 aliphatic heterocycles. The monoisotopic (exact) mass is 1060 g/mol. The van der Waals surface area contributed by atoms with Gasteiger partial charge in [-0.15, -0.1) is 11.6 Å². The smallest absolute Gasteiger partial charge is 0.416 e. The SMILES string of the molecule is COC(=O)c1oc2ccc(C(F)(F)F)cc2c1N(CCCl)CC(F)(F)C1CC2(CCO1)OCCO2.COC(=O)c1oc2ccc(C(F)(F)F)cc2c1N(CCN=[N+]=[N-])CC(F)(F)C1CC2(CCO1)OCCO2. The number of fused-ring (bicyclic) bond motifs is 2. The topological polar surface area (TPSA) is 190 Å².